The van der Waals surface area contributed by atoms with Crippen LogP contribution in [0.25, 0.3) is 0 Å². The minimum atomic E-state index is 0.538. The second-order valence-electron chi connectivity index (χ2n) is 4.54. The van der Waals surface area contributed by atoms with Crippen LogP contribution in [-0.4, -0.2) is 30.2 Å². The summed E-state index contributed by atoms with van der Waals surface area (Å²) in [6.45, 7) is 3.31. The first-order valence-corrected chi connectivity index (χ1v) is 5.83. The van der Waals surface area contributed by atoms with Gasteiger partial charge in [0.05, 0.1) is 12.7 Å². The summed E-state index contributed by atoms with van der Waals surface area (Å²) in [6.07, 6.45) is 3.19. The molecule has 1 aromatic rings. The molecule has 0 spiro atoms. The Morgan fingerprint density at radius 3 is 2.80 bits per heavy atom. The third kappa shape index (κ3) is 2.06. The van der Waals surface area contributed by atoms with E-state index < -0.39 is 0 Å². The first kappa shape index (κ1) is 9.37. The number of likely N-dealkylation sites (tertiary alicyclic amines) is 1. The molecule has 2 aliphatic rings. The van der Waals surface area contributed by atoms with Crippen LogP contribution in [-0.2, 0) is 11.3 Å². The zero-order valence-corrected chi connectivity index (χ0v) is 8.93. The van der Waals surface area contributed by atoms with Gasteiger partial charge >= 0.3 is 0 Å². The summed E-state index contributed by atoms with van der Waals surface area (Å²) in [7, 11) is 0. The summed E-state index contributed by atoms with van der Waals surface area (Å²) in [5, 5.41) is 0. The van der Waals surface area contributed by atoms with E-state index in [1.54, 1.807) is 0 Å². The van der Waals surface area contributed by atoms with Gasteiger partial charge in [-0.2, -0.15) is 0 Å². The lowest BCUT2D eigenvalue weighted by molar-refractivity contribution is 0.201. The van der Waals surface area contributed by atoms with E-state index in [-0.39, 0.29) is 0 Å². The van der Waals surface area contributed by atoms with Crippen LogP contribution in [0.2, 0.25) is 0 Å². The zero-order chi connectivity index (χ0) is 10.1. The minimum absolute atomic E-state index is 0.538. The highest BCUT2D eigenvalue weighted by molar-refractivity contribution is 5.15. The van der Waals surface area contributed by atoms with E-state index in [1.807, 2.05) is 0 Å². The number of hydrogen-bond acceptors (Lipinski definition) is 2. The topological polar surface area (TPSA) is 15.8 Å². The van der Waals surface area contributed by atoms with Crippen molar-refractivity contribution in [2.45, 2.75) is 31.5 Å². The molecule has 2 aliphatic heterocycles. The van der Waals surface area contributed by atoms with Gasteiger partial charge in [0.25, 0.3) is 0 Å². The molecule has 2 fully saturated rings. The molecule has 3 rings (SSSR count). The van der Waals surface area contributed by atoms with E-state index in [0.29, 0.717) is 12.1 Å². The second kappa shape index (κ2) is 3.95. The summed E-state index contributed by atoms with van der Waals surface area (Å²) >= 11 is 0. The molecule has 2 atom stereocenters. The predicted molar refractivity (Wildman–Crippen MR) is 59.6 cm³/mol. The molecule has 0 aliphatic carbocycles. The molecule has 0 N–H and O–H groups in total. The molecular formula is C13H17NO. The van der Waals surface area contributed by atoms with Crippen LogP contribution in [0.1, 0.15) is 18.4 Å². The van der Waals surface area contributed by atoms with Crippen molar-refractivity contribution < 1.29 is 4.74 Å². The van der Waals surface area contributed by atoms with Crippen LogP contribution in [0.4, 0.5) is 0 Å². The van der Waals surface area contributed by atoms with Crippen molar-refractivity contribution in [1.82, 2.24) is 4.90 Å². The van der Waals surface area contributed by atoms with Crippen molar-refractivity contribution in [2.75, 3.05) is 13.2 Å². The molecule has 2 heteroatoms. The fourth-order valence-corrected chi connectivity index (χ4v) is 2.56. The fraction of sp³-hybridized carbons (Fsp3) is 0.538. The van der Waals surface area contributed by atoms with E-state index in [2.05, 4.69) is 35.2 Å². The number of ether oxygens (including phenoxy) is 1. The normalized spacial score (nSPS) is 30.7. The lowest BCUT2D eigenvalue weighted by atomic mass is 10.1. The number of epoxide rings is 1. The maximum Gasteiger partial charge on any atom is 0.0964 e. The van der Waals surface area contributed by atoms with Gasteiger partial charge < -0.3 is 4.74 Å². The highest BCUT2D eigenvalue weighted by Crippen LogP contribution is 2.29. The lowest BCUT2D eigenvalue weighted by Crippen LogP contribution is -2.33. The van der Waals surface area contributed by atoms with Gasteiger partial charge in [-0.25, -0.2) is 0 Å². The zero-order valence-electron chi connectivity index (χ0n) is 8.93. The summed E-state index contributed by atoms with van der Waals surface area (Å²) in [5.41, 5.74) is 1.42. The van der Waals surface area contributed by atoms with Crippen molar-refractivity contribution in [3.8, 4) is 0 Å². The molecule has 15 heavy (non-hydrogen) atoms. The third-order valence-electron chi connectivity index (χ3n) is 3.43. The maximum absolute atomic E-state index is 5.42. The van der Waals surface area contributed by atoms with Gasteiger partial charge in [-0.3, -0.25) is 4.90 Å². The van der Waals surface area contributed by atoms with Crippen LogP contribution < -0.4 is 0 Å². The molecule has 0 bridgehead atoms. The van der Waals surface area contributed by atoms with Crippen molar-refractivity contribution in [3.63, 3.8) is 0 Å². The van der Waals surface area contributed by atoms with Crippen molar-refractivity contribution in [2.24, 2.45) is 0 Å². The van der Waals surface area contributed by atoms with Crippen molar-refractivity contribution >= 4 is 0 Å². The van der Waals surface area contributed by atoms with Gasteiger partial charge in [0.2, 0.25) is 0 Å². The van der Waals surface area contributed by atoms with Crippen LogP contribution in [0.3, 0.4) is 0 Å². The van der Waals surface area contributed by atoms with Gasteiger partial charge in [-0.1, -0.05) is 30.3 Å². The Morgan fingerprint density at radius 1 is 1.27 bits per heavy atom. The van der Waals surface area contributed by atoms with E-state index in [1.165, 1.54) is 24.9 Å². The Balaban J connectivity index is 1.67. The molecule has 0 amide bonds. The monoisotopic (exact) mass is 203 g/mol. The minimum Gasteiger partial charge on any atom is -0.371 e. The van der Waals surface area contributed by atoms with Crippen LogP contribution in [0, 0.1) is 0 Å². The van der Waals surface area contributed by atoms with Gasteiger partial charge in [0.15, 0.2) is 0 Å². The van der Waals surface area contributed by atoms with E-state index in [4.69, 9.17) is 4.74 Å². The van der Waals surface area contributed by atoms with Gasteiger partial charge in [0, 0.05) is 12.6 Å². The quantitative estimate of drug-likeness (QED) is 0.699. The summed E-state index contributed by atoms with van der Waals surface area (Å²) in [5.74, 6) is 0. The highest BCUT2D eigenvalue weighted by Gasteiger charge is 2.39. The van der Waals surface area contributed by atoms with E-state index in [0.717, 1.165) is 13.2 Å². The smallest absolute Gasteiger partial charge is 0.0964 e. The summed E-state index contributed by atoms with van der Waals surface area (Å²) < 4.78 is 5.42. The molecule has 0 radical (unpaired) electrons. The maximum atomic E-state index is 5.42. The first-order valence-electron chi connectivity index (χ1n) is 5.83. The van der Waals surface area contributed by atoms with Crippen LogP contribution >= 0.6 is 0 Å². The first-order chi connectivity index (χ1) is 7.43. The average molecular weight is 203 g/mol. The average Bonchev–Trinajstić information content (AvgIpc) is 3.02. The molecule has 0 saturated carbocycles. The van der Waals surface area contributed by atoms with Gasteiger partial charge in [-0.15, -0.1) is 0 Å². The molecule has 2 saturated heterocycles. The van der Waals surface area contributed by atoms with Crippen LogP contribution in [0.5, 0.6) is 0 Å². The summed E-state index contributed by atoms with van der Waals surface area (Å²) in [6, 6.07) is 11.4. The molecule has 0 aromatic heterocycles. The molecule has 2 heterocycles. The Kier molecular flexibility index (Phi) is 2.47. The number of nitrogens with zero attached hydrogens (tertiary/aromatic N) is 1. The Labute approximate surface area is 90.8 Å². The third-order valence-corrected chi connectivity index (χ3v) is 3.43. The second-order valence-corrected chi connectivity index (χ2v) is 4.54. The SMILES string of the molecule is c1ccc(CN2CCC[C@H]2[C@@H]2CO2)cc1. The largest absolute Gasteiger partial charge is 0.371 e. The van der Waals surface area contributed by atoms with Crippen LogP contribution in [0.15, 0.2) is 30.3 Å². The standard InChI is InChI=1S/C13H17NO/c1-2-5-11(6-3-1)9-14-8-4-7-12(14)13-10-15-13/h1-3,5-6,12-13H,4,7-10H2/t12-,13-/m0/s1. The Hall–Kier alpha value is -0.860. The van der Waals surface area contributed by atoms with Gasteiger partial charge in [0.1, 0.15) is 0 Å². The molecular weight excluding hydrogens is 186 g/mol. The van der Waals surface area contributed by atoms with Gasteiger partial charge in [-0.05, 0) is 24.9 Å². The Morgan fingerprint density at radius 2 is 2.07 bits per heavy atom. The summed E-state index contributed by atoms with van der Waals surface area (Å²) in [4.78, 5) is 2.58. The molecule has 2 nitrogen and oxygen atoms in total. The highest BCUT2D eigenvalue weighted by atomic mass is 16.6. The Bertz CT molecular complexity index is 321. The van der Waals surface area contributed by atoms with Crippen molar-refractivity contribution in [3.05, 3.63) is 35.9 Å². The van der Waals surface area contributed by atoms with E-state index in [9.17, 15) is 0 Å². The lowest BCUT2D eigenvalue weighted by Gasteiger charge is -2.22. The predicted octanol–water partition coefficient (Wildman–Crippen LogP) is 2.05. The molecule has 80 valence electrons. The fourth-order valence-electron chi connectivity index (χ4n) is 2.56. The van der Waals surface area contributed by atoms with Crippen molar-refractivity contribution in [1.29, 1.82) is 0 Å². The number of hydrogen-bond donors (Lipinski definition) is 0. The molecule has 1 aromatic carbocycles. The molecule has 0 unspecified atom stereocenters. The number of rotatable bonds is 3. The van der Waals surface area contributed by atoms with E-state index >= 15 is 0 Å². The number of benzene rings is 1.